The van der Waals surface area contributed by atoms with Crippen molar-refractivity contribution < 1.29 is 4.79 Å². The summed E-state index contributed by atoms with van der Waals surface area (Å²) in [5.41, 5.74) is 5.94. The smallest absolute Gasteiger partial charge is 0.270 e. The minimum Gasteiger partial charge on any atom is -0.384 e. The molecule has 2 unspecified atom stereocenters. The molecule has 16 heavy (non-hydrogen) atoms. The van der Waals surface area contributed by atoms with E-state index < -0.39 is 0 Å². The van der Waals surface area contributed by atoms with Crippen LogP contribution in [-0.4, -0.2) is 16.9 Å². The summed E-state index contributed by atoms with van der Waals surface area (Å²) in [6.07, 6.45) is 3.45. The van der Waals surface area contributed by atoms with Gasteiger partial charge in [-0.1, -0.05) is 19.4 Å². The van der Waals surface area contributed by atoms with Crippen molar-refractivity contribution in [2.45, 2.75) is 32.2 Å². The summed E-state index contributed by atoms with van der Waals surface area (Å²) in [5.74, 6) is 0.822. The van der Waals surface area contributed by atoms with E-state index in [0.29, 0.717) is 17.4 Å². The molecule has 0 aromatic carbocycles. The van der Waals surface area contributed by atoms with Gasteiger partial charge in [-0.05, 0) is 30.9 Å². The molecule has 1 heterocycles. The Morgan fingerprint density at radius 1 is 1.50 bits per heavy atom. The number of aromatic nitrogens is 1. The standard InChI is InChI=1S/C12H17N3O/c1-8-4-2-5-9(8)15-12(16)10-6-3-7-11(13)14-10/h3,6-9H,2,4-5H2,1H3,(H2,13,14)(H,15,16). The minimum atomic E-state index is -0.119. The van der Waals surface area contributed by atoms with Crippen LogP contribution in [0, 0.1) is 5.92 Å². The number of amides is 1. The monoisotopic (exact) mass is 219 g/mol. The molecule has 0 aliphatic heterocycles. The average Bonchev–Trinajstić information content (AvgIpc) is 2.64. The van der Waals surface area contributed by atoms with E-state index in [-0.39, 0.29) is 11.9 Å². The van der Waals surface area contributed by atoms with Crippen LogP contribution in [-0.2, 0) is 0 Å². The summed E-state index contributed by atoms with van der Waals surface area (Å²) in [4.78, 5) is 15.9. The van der Waals surface area contributed by atoms with Gasteiger partial charge >= 0.3 is 0 Å². The highest BCUT2D eigenvalue weighted by Crippen LogP contribution is 2.24. The van der Waals surface area contributed by atoms with Gasteiger partial charge in [0.25, 0.3) is 5.91 Å². The highest BCUT2D eigenvalue weighted by atomic mass is 16.1. The maximum Gasteiger partial charge on any atom is 0.270 e. The molecule has 1 aromatic rings. The molecule has 2 rings (SSSR count). The summed E-state index contributed by atoms with van der Waals surface area (Å²) in [6, 6.07) is 5.39. The van der Waals surface area contributed by atoms with Crippen molar-refractivity contribution in [3.05, 3.63) is 23.9 Å². The van der Waals surface area contributed by atoms with Gasteiger partial charge in [-0.25, -0.2) is 4.98 Å². The molecule has 4 heteroatoms. The number of carbonyl (C=O) groups is 1. The van der Waals surface area contributed by atoms with Crippen molar-refractivity contribution in [1.29, 1.82) is 0 Å². The van der Waals surface area contributed by atoms with Gasteiger partial charge in [0, 0.05) is 6.04 Å². The topological polar surface area (TPSA) is 68.0 Å². The number of hydrogen-bond acceptors (Lipinski definition) is 3. The quantitative estimate of drug-likeness (QED) is 0.793. The van der Waals surface area contributed by atoms with E-state index in [1.165, 1.54) is 12.8 Å². The molecule has 1 saturated carbocycles. The molecular formula is C12H17N3O. The van der Waals surface area contributed by atoms with Crippen molar-refractivity contribution in [1.82, 2.24) is 10.3 Å². The molecule has 1 aromatic heterocycles. The third-order valence-electron chi connectivity index (χ3n) is 3.18. The fourth-order valence-corrected chi connectivity index (χ4v) is 2.18. The predicted octanol–water partition coefficient (Wildman–Crippen LogP) is 1.58. The highest BCUT2D eigenvalue weighted by molar-refractivity contribution is 5.92. The Hall–Kier alpha value is -1.58. The number of hydrogen-bond donors (Lipinski definition) is 2. The van der Waals surface area contributed by atoms with Gasteiger partial charge in [0.05, 0.1) is 0 Å². The van der Waals surface area contributed by atoms with Gasteiger partial charge in [0.15, 0.2) is 0 Å². The van der Waals surface area contributed by atoms with Gasteiger partial charge < -0.3 is 11.1 Å². The summed E-state index contributed by atoms with van der Waals surface area (Å²) in [7, 11) is 0. The Kier molecular flexibility index (Phi) is 3.08. The maximum atomic E-state index is 11.9. The lowest BCUT2D eigenvalue weighted by Gasteiger charge is -2.16. The van der Waals surface area contributed by atoms with Gasteiger partial charge in [-0.3, -0.25) is 4.79 Å². The first-order chi connectivity index (χ1) is 7.66. The summed E-state index contributed by atoms with van der Waals surface area (Å²) in [5, 5.41) is 3.02. The fraction of sp³-hybridized carbons (Fsp3) is 0.500. The molecule has 86 valence electrons. The first kappa shape index (κ1) is 10.9. The molecule has 1 amide bonds. The molecule has 0 spiro atoms. The normalized spacial score (nSPS) is 24.3. The van der Waals surface area contributed by atoms with Crippen LogP contribution in [0.15, 0.2) is 18.2 Å². The Balaban J connectivity index is 2.03. The number of nitrogens with zero attached hydrogens (tertiary/aromatic N) is 1. The predicted molar refractivity (Wildman–Crippen MR) is 62.9 cm³/mol. The van der Waals surface area contributed by atoms with Crippen LogP contribution in [0.2, 0.25) is 0 Å². The van der Waals surface area contributed by atoms with Crippen LogP contribution in [0.4, 0.5) is 5.82 Å². The van der Waals surface area contributed by atoms with Crippen molar-refractivity contribution in [2.24, 2.45) is 5.92 Å². The molecule has 0 radical (unpaired) electrons. The summed E-state index contributed by atoms with van der Waals surface area (Å²) >= 11 is 0. The molecule has 3 N–H and O–H groups in total. The van der Waals surface area contributed by atoms with Crippen LogP contribution < -0.4 is 11.1 Å². The highest BCUT2D eigenvalue weighted by Gasteiger charge is 2.25. The summed E-state index contributed by atoms with van der Waals surface area (Å²) < 4.78 is 0. The molecule has 0 bridgehead atoms. The van der Waals surface area contributed by atoms with Crippen LogP contribution in [0.5, 0.6) is 0 Å². The number of anilines is 1. The zero-order valence-electron chi connectivity index (χ0n) is 9.44. The van der Waals surface area contributed by atoms with E-state index in [1.54, 1.807) is 18.2 Å². The van der Waals surface area contributed by atoms with E-state index in [2.05, 4.69) is 17.2 Å². The van der Waals surface area contributed by atoms with Crippen molar-refractivity contribution in [3.63, 3.8) is 0 Å². The van der Waals surface area contributed by atoms with Gasteiger partial charge in [0.1, 0.15) is 11.5 Å². The van der Waals surface area contributed by atoms with E-state index in [4.69, 9.17) is 5.73 Å². The van der Waals surface area contributed by atoms with Crippen LogP contribution in [0.3, 0.4) is 0 Å². The molecule has 1 aliphatic rings. The third kappa shape index (κ3) is 2.32. The second-order valence-electron chi connectivity index (χ2n) is 4.44. The van der Waals surface area contributed by atoms with Crippen LogP contribution in [0.25, 0.3) is 0 Å². The van der Waals surface area contributed by atoms with E-state index in [0.717, 1.165) is 6.42 Å². The van der Waals surface area contributed by atoms with E-state index in [1.807, 2.05) is 0 Å². The van der Waals surface area contributed by atoms with E-state index in [9.17, 15) is 4.79 Å². The Bertz CT molecular complexity index is 392. The third-order valence-corrected chi connectivity index (χ3v) is 3.18. The molecule has 0 saturated heterocycles. The zero-order valence-corrected chi connectivity index (χ0v) is 9.44. The van der Waals surface area contributed by atoms with Crippen LogP contribution in [0.1, 0.15) is 36.7 Å². The first-order valence-electron chi connectivity index (χ1n) is 5.70. The average molecular weight is 219 g/mol. The largest absolute Gasteiger partial charge is 0.384 e. The summed E-state index contributed by atoms with van der Waals surface area (Å²) in [6.45, 7) is 2.17. The number of pyridine rings is 1. The fourth-order valence-electron chi connectivity index (χ4n) is 2.18. The number of nitrogen functional groups attached to an aromatic ring is 1. The Morgan fingerprint density at radius 2 is 2.31 bits per heavy atom. The maximum absolute atomic E-state index is 11.9. The Morgan fingerprint density at radius 3 is 2.94 bits per heavy atom. The van der Waals surface area contributed by atoms with Crippen LogP contribution >= 0.6 is 0 Å². The number of nitrogens with two attached hydrogens (primary N) is 1. The number of carbonyl (C=O) groups excluding carboxylic acids is 1. The van der Waals surface area contributed by atoms with Gasteiger partial charge in [0.2, 0.25) is 0 Å². The first-order valence-corrected chi connectivity index (χ1v) is 5.70. The molecule has 1 aliphatic carbocycles. The van der Waals surface area contributed by atoms with Gasteiger partial charge in [-0.2, -0.15) is 0 Å². The lowest BCUT2D eigenvalue weighted by Crippen LogP contribution is -2.36. The zero-order chi connectivity index (χ0) is 11.5. The van der Waals surface area contributed by atoms with Crippen molar-refractivity contribution in [2.75, 3.05) is 5.73 Å². The second kappa shape index (κ2) is 4.51. The van der Waals surface area contributed by atoms with E-state index >= 15 is 0 Å². The lowest BCUT2D eigenvalue weighted by molar-refractivity contribution is 0.0924. The SMILES string of the molecule is CC1CCCC1NC(=O)c1cccc(N)n1. The Labute approximate surface area is 95.3 Å². The van der Waals surface area contributed by atoms with Crippen molar-refractivity contribution in [3.8, 4) is 0 Å². The number of rotatable bonds is 2. The minimum absolute atomic E-state index is 0.119. The van der Waals surface area contributed by atoms with Gasteiger partial charge in [-0.15, -0.1) is 0 Å². The van der Waals surface area contributed by atoms with Crippen molar-refractivity contribution >= 4 is 11.7 Å². The number of nitrogens with one attached hydrogen (secondary N) is 1. The molecule has 2 atom stereocenters. The molecule has 1 fully saturated rings. The lowest BCUT2D eigenvalue weighted by atomic mass is 10.1. The molecular weight excluding hydrogens is 202 g/mol. The molecule has 4 nitrogen and oxygen atoms in total. The second-order valence-corrected chi connectivity index (χ2v) is 4.44.